The van der Waals surface area contributed by atoms with Crippen molar-refractivity contribution in [3.8, 4) is 11.5 Å². The number of hydrogen-bond acceptors (Lipinski definition) is 4. The number of methoxy groups -OCH3 is 1. The van der Waals surface area contributed by atoms with Crippen molar-refractivity contribution in [2.45, 2.75) is 13.5 Å². The van der Waals surface area contributed by atoms with E-state index in [9.17, 15) is 17.6 Å². The first-order valence-corrected chi connectivity index (χ1v) is 6.71. The Morgan fingerprint density at radius 3 is 2.26 bits per heavy atom. The molecule has 8 heteroatoms. The van der Waals surface area contributed by atoms with Crippen LogP contribution in [0.25, 0.3) is 0 Å². The fourth-order valence-corrected chi connectivity index (χ4v) is 1.93. The van der Waals surface area contributed by atoms with E-state index < -0.39 is 29.2 Å². The van der Waals surface area contributed by atoms with Gasteiger partial charge in [0.15, 0.2) is 11.5 Å². The monoisotopic (exact) mass is 330 g/mol. The van der Waals surface area contributed by atoms with Crippen LogP contribution in [0.4, 0.5) is 23.2 Å². The third-order valence-electron chi connectivity index (χ3n) is 2.99. The number of benzene rings is 1. The summed E-state index contributed by atoms with van der Waals surface area (Å²) < 4.78 is 63.6. The summed E-state index contributed by atoms with van der Waals surface area (Å²) in [5.74, 6) is -5.65. The highest BCUT2D eigenvalue weighted by molar-refractivity contribution is 5.48. The van der Waals surface area contributed by atoms with Crippen molar-refractivity contribution >= 4 is 5.69 Å². The lowest BCUT2D eigenvalue weighted by molar-refractivity contribution is 0.310. The van der Waals surface area contributed by atoms with Gasteiger partial charge in [-0.3, -0.25) is 0 Å². The van der Waals surface area contributed by atoms with Gasteiger partial charge in [-0.25, -0.2) is 0 Å². The maximum atomic E-state index is 13.5. The van der Waals surface area contributed by atoms with Crippen molar-refractivity contribution in [3.63, 3.8) is 0 Å². The van der Waals surface area contributed by atoms with E-state index in [0.29, 0.717) is 23.7 Å². The van der Waals surface area contributed by atoms with Gasteiger partial charge in [0.2, 0.25) is 11.6 Å². The molecule has 0 spiro atoms. The molecule has 0 aliphatic heterocycles. The second-order valence-corrected chi connectivity index (χ2v) is 4.47. The minimum absolute atomic E-state index is 0.0838. The van der Waals surface area contributed by atoms with E-state index >= 15 is 0 Å². The summed E-state index contributed by atoms with van der Waals surface area (Å²) in [5.41, 5.74) is -0.343. The number of aromatic nitrogens is 1. The van der Waals surface area contributed by atoms with Gasteiger partial charge in [0.25, 0.3) is 11.9 Å². The van der Waals surface area contributed by atoms with Crippen LogP contribution in [0.1, 0.15) is 12.5 Å². The molecule has 0 aliphatic carbocycles. The molecule has 1 N–H and O–H groups in total. The van der Waals surface area contributed by atoms with Crippen LogP contribution < -0.4 is 14.8 Å². The van der Waals surface area contributed by atoms with Crippen molar-refractivity contribution in [1.82, 2.24) is 4.98 Å². The molecule has 2 aromatic rings. The van der Waals surface area contributed by atoms with Crippen molar-refractivity contribution in [2.24, 2.45) is 0 Å². The molecule has 23 heavy (non-hydrogen) atoms. The largest absolute Gasteiger partial charge is 0.493 e. The Kier molecular flexibility index (Phi) is 5.25. The molecule has 0 amide bonds. The molecule has 0 saturated carbocycles. The lowest BCUT2D eigenvalue weighted by Crippen LogP contribution is -2.09. The number of nitrogens with one attached hydrogen (secondary N) is 1. The molecule has 0 saturated heterocycles. The number of rotatable bonds is 6. The van der Waals surface area contributed by atoms with Gasteiger partial charge in [-0.1, -0.05) is 6.07 Å². The van der Waals surface area contributed by atoms with Crippen LogP contribution in [-0.4, -0.2) is 18.7 Å². The molecule has 0 aliphatic rings. The van der Waals surface area contributed by atoms with Crippen LogP contribution in [-0.2, 0) is 6.54 Å². The minimum atomic E-state index is -1.71. The summed E-state index contributed by atoms with van der Waals surface area (Å²) in [6, 6.07) is 4.84. The summed E-state index contributed by atoms with van der Waals surface area (Å²) >= 11 is 0. The first-order valence-electron chi connectivity index (χ1n) is 6.71. The molecule has 0 unspecified atom stereocenters. The third kappa shape index (κ3) is 3.64. The predicted molar refractivity (Wildman–Crippen MR) is 75.6 cm³/mol. The molecule has 0 fully saturated rings. The molecule has 0 radical (unpaired) electrons. The zero-order valence-corrected chi connectivity index (χ0v) is 12.4. The first-order chi connectivity index (χ1) is 11.0. The van der Waals surface area contributed by atoms with Crippen LogP contribution in [0.2, 0.25) is 0 Å². The Morgan fingerprint density at radius 2 is 1.70 bits per heavy atom. The lowest BCUT2D eigenvalue weighted by atomic mass is 10.2. The Balaban J connectivity index is 2.22. The summed E-state index contributed by atoms with van der Waals surface area (Å²) in [7, 11) is 1.45. The van der Waals surface area contributed by atoms with Crippen LogP contribution in [0.3, 0.4) is 0 Å². The first kappa shape index (κ1) is 16.9. The second kappa shape index (κ2) is 7.17. The molecule has 2 rings (SSSR count). The van der Waals surface area contributed by atoms with Gasteiger partial charge in [-0.2, -0.15) is 22.5 Å². The molecule has 0 atom stereocenters. The number of pyridine rings is 1. The Morgan fingerprint density at radius 1 is 1.04 bits per heavy atom. The van der Waals surface area contributed by atoms with Gasteiger partial charge in [0, 0.05) is 6.54 Å². The smallest absolute Gasteiger partial charge is 0.253 e. The van der Waals surface area contributed by atoms with E-state index in [1.165, 1.54) is 7.11 Å². The van der Waals surface area contributed by atoms with Crippen molar-refractivity contribution in [2.75, 3.05) is 19.0 Å². The van der Waals surface area contributed by atoms with E-state index in [2.05, 4.69) is 10.3 Å². The maximum absolute atomic E-state index is 13.5. The standard InChI is InChI=1S/C15H14F4N2O2/c1-3-23-9-5-4-8(6-10(9)22-2)7-20-13-11(16)14(18)21-15(19)12(13)17/h4-6H,3,7H2,1-2H3,(H,20,21). The fourth-order valence-electron chi connectivity index (χ4n) is 1.93. The average Bonchev–Trinajstić information content (AvgIpc) is 2.54. The quantitative estimate of drug-likeness (QED) is 0.648. The molecule has 0 bridgehead atoms. The van der Waals surface area contributed by atoms with Gasteiger partial charge < -0.3 is 14.8 Å². The fraction of sp³-hybridized carbons (Fsp3) is 0.267. The average molecular weight is 330 g/mol. The Hall–Kier alpha value is -2.51. The number of ether oxygens (including phenoxy) is 2. The van der Waals surface area contributed by atoms with Crippen molar-refractivity contribution in [1.29, 1.82) is 0 Å². The summed E-state index contributed by atoms with van der Waals surface area (Å²) in [6.45, 7) is 2.17. The van der Waals surface area contributed by atoms with Gasteiger partial charge in [-0.05, 0) is 24.6 Å². The zero-order chi connectivity index (χ0) is 17.0. The normalized spacial score (nSPS) is 10.5. The number of nitrogens with zero attached hydrogens (tertiary/aromatic N) is 1. The SMILES string of the molecule is CCOc1ccc(CNc2c(F)c(F)nc(F)c2F)cc1OC. The van der Waals surface area contributed by atoms with Crippen molar-refractivity contribution < 1.29 is 27.0 Å². The highest BCUT2D eigenvalue weighted by Crippen LogP contribution is 2.29. The number of anilines is 1. The van der Waals surface area contributed by atoms with E-state index in [4.69, 9.17) is 9.47 Å². The second-order valence-electron chi connectivity index (χ2n) is 4.47. The van der Waals surface area contributed by atoms with E-state index in [0.717, 1.165) is 0 Å². The summed E-state index contributed by atoms with van der Waals surface area (Å²) in [5, 5.41) is 2.32. The molecule has 1 aromatic heterocycles. The highest BCUT2D eigenvalue weighted by atomic mass is 19.2. The van der Waals surface area contributed by atoms with Gasteiger partial charge >= 0.3 is 0 Å². The molecular formula is C15H14F4N2O2. The van der Waals surface area contributed by atoms with Crippen molar-refractivity contribution in [3.05, 3.63) is 47.3 Å². The van der Waals surface area contributed by atoms with Crippen LogP contribution in [0, 0.1) is 23.5 Å². The summed E-state index contributed by atoms with van der Waals surface area (Å²) in [4.78, 5) is 2.49. The Bertz CT molecular complexity index is 684. The highest BCUT2D eigenvalue weighted by Gasteiger charge is 2.20. The van der Waals surface area contributed by atoms with Crippen LogP contribution in [0.5, 0.6) is 11.5 Å². The number of halogens is 4. The van der Waals surface area contributed by atoms with E-state index in [1.54, 1.807) is 18.2 Å². The van der Waals surface area contributed by atoms with Gasteiger partial charge in [-0.15, -0.1) is 0 Å². The predicted octanol–water partition coefficient (Wildman–Crippen LogP) is 3.66. The van der Waals surface area contributed by atoms with Crippen LogP contribution >= 0.6 is 0 Å². The van der Waals surface area contributed by atoms with Gasteiger partial charge in [0.1, 0.15) is 5.69 Å². The molecular weight excluding hydrogens is 316 g/mol. The number of hydrogen-bond donors (Lipinski definition) is 1. The van der Waals surface area contributed by atoms with Gasteiger partial charge in [0.05, 0.1) is 13.7 Å². The Labute approximate surface area is 130 Å². The molecule has 1 heterocycles. The lowest BCUT2D eigenvalue weighted by Gasteiger charge is -2.13. The zero-order valence-electron chi connectivity index (χ0n) is 12.4. The topological polar surface area (TPSA) is 43.4 Å². The van der Waals surface area contributed by atoms with E-state index in [1.807, 2.05) is 6.92 Å². The summed E-state index contributed by atoms with van der Waals surface area (Å²) in [6.07, 6.45) is 0. The minimum Gasteiger partial charge on any atom is -0.493 e. The molecule has 1 aromatic carbocycles. The third-order valence-corrected chi connectivity index (χ3v) is 2.99. The molecule has 4 nitrogen and oxygen atoms in total. The maximum Gasteiger partial charge on any atom is 0.253 e. The molecule has 124 valence electrons. The van der Waals surface area contributed by atoms with E-state index in [-0.39, 0.29) is 6.54 Å². The van der Waals surface area contributed by atoms with Crippen LogP contribution in [0.15, 0.2) is 18.2 Å².